The van der Waals surface area contributed by atoms with E-state index in [4.69, 9.17) is 4.74 Å². The highest BCUT2D eigenvalue weighted by Crippen LogP contribution is 2.38. The van der Waals surface area contributed by atoms with Gasteiger partial charge in [0.05, 0.1) is 0 Å². The molecule has 1 aliphatic heterocycles. The van der Waals surface area contributed by atoms with Gasteiger partial charge in [-0.05, 0) is 49.3 Å². The van der Waals surface area contributed by atoms with E-state index in [1.807, 2.05) is 12.1 Å². The van der Waals surface area contributed by atoms with E-state index in [0.29, 0.717) is 6.61 Å². The van der Waals surface area contributed by atoms with Crippen LogP contribution in [0.4, 0.5) is 0 Å². The van der Waals surface area contributed by atoms with E-state index < -0.39 is 0 Å². The first-order valence-electron chi connectivity index (χ1n) is 7.54. The van der Waals surface area contributed by atoms with Crippen LogP contribution in [0.1, 0.15) is 23.1 Å². The number of hydrogen-bond acceptors (Lipinski definition) is 3. The minimum absolute atomic E-state index is 0.234. The van der Waals surface area contributed by atoms with E-state index in [-0.39, 0.29) is 5.75 Å². The summed E-state index contributed by atoms with van der Waals surface area (Å²) in [6.07, 6.45) is 3.24. The van der Waals surface area contributed by atoms with Crippen LogP contribution in [0.3, 0.4) is 0 Å². The number of nitrogens with zero attached hydrogens (tertiary/aromatic N) is 1. The predicted octanol–water partition coefficient (Wildman–Crippen LogP) is 3.67. The van der Waals surface area contributed by atoms with E-state index in [1.165, 1.54) is 16.7 Å². The van der Waals surface area contributed by atoms with Crippen LogP contribution < -0.4 is 4.74 Å². The number of benzene rings is 2. The normalized spacial score (nSPS) is 15.1. The van der Waals surface area contributed by atoms with Crippen LogP contribution in [-0.2, 0) is 6.61 Å². The minimum Gasteiger partial charge on any atom is -0.508 e. The molecule has 0 unspecified atom stereocenters. The van der Waals surface area contributed by atoms with Crippen molar-refractivity contribution in [1.29, 1.82) is 0 Å². The number of hydrogen-bond donors (Lipinski definition) is 1. The molecule has 0 atom stereocenters. The van der Waals surface area contributed by atoms with Crippen LogP contribution in [0.15, 0.2) is 48.5 Å². The lowest BCUT2D eigenvalue weighted by Gasteiger charge is -2.12. The highest BCUT2D eigenvalue weighted by Gasteiger charge is 2.19. The van der Waals surface area contributed by atoms with Gasteiger partial charge in [-0.15, -0.1) is 0 Å². The highest BCUT2D eigenvalue weighted by molar-refractivity contribution is 5.85. The summed E-state index contributed by atoms with van der Waals surface area (Å²) in [4.78, 5) is 2.17. The Morgan fingerprint density at radius 1 is 1.14 bits per heavy atom. The number of phenols is 1. The number of fused-ring (bicyclic) bond motifs is 2. The molecule has 3 heteroatoms. The van der Waals surface area contributed by atoms with Crippen LogP contribution in [0, 0.1) is 0 Å². The molecule has 0 saturated heterocycles. The molecule has 0 bridgehead atoms. The van der Waals surface area contributed by atoms with Crippen molar-refractivity contribution in [3.05, 3.63) is 65.2 Å². The van der Waals surface area contributed by atoms with Crippen molar-refractivity contribution in [1.82, 2.24) is 4.90 Å². The second kappa shape index (κ2) is 6.24. The highest BCUT2D eigenvalue weighted by atomic mass is 16.5. The molecule has 0 spiro atoms. The zero-order valence-corrected chi connectivity index (χ0v) is 13.0. The van der Waals surface area contributed by atoms with Gasteiger partial charge in [0.1, 0.15) is 18.1 Å². The van der Waals surface area contributed by atoms with Gasteiger partial charge in [-0.25, -0.2) is 0 Å². The topological polar surface area (TPSA) is 32.7 Å². The minimum atomic E-state index is 0.234. The fourth-order valence-electron chi connectivity index (χ4n) is 2.75. The number of ether oxygens (including phenoxy) is 1. The summed E-state index contributed by atoms with van der Waals surface area (Å²) in [7, 11) is 4.16. The van der Waals surface area contributed by atoms with E-state index in [1.54, 1.807) is 12.1 Å². The fraction of sp³-hybridized carbons (Fsp3) is 0.263. The molecule has 0 aliphatic carbocycles. The lowest BCUT2D eigenvalue weighted by molar-refractivity contribution is 0.305. The van der Waals surface area contributed by atoms with E-state index in [0.717, 1.165) is 24.3 Å². The van der Waals surface area contributed by atoms with Crippen molar-refractivity contribution in [2.45, 2.75) is 13.0 Å². The molecule has 2 aromatic carbocycles. The summed E-state index contributed by atoms with van der Waals surface area (Å²) in [5.41, 5.74) is 4.62. The zero-order valence-electron chi connectivity index (χ0n) is 13.0. The SMILES string of the molecule is CN(C)CC/C=C1\c2ccccc2COc2cc(O)ccc21. The second-order valence-corrected chi connectivity index (χ2v) is 5.84. The summed E-state index contributed by atoms with van der Waals surface area (Å²) in [6.45, 7) is 1.53. The molecule has 22 heavy (non-hydrogen) atoms. The third-order valence-electron chi connectivity index (χ3n) is 3.87. The molecule has 0 radical (unpaired) electrons. The Kier molecular flexibility index (Phi) is 4.16. The standard InChI is InChI=1S/C19H21NO2/c1-20(2)11-5-8-17-16-7-4-3-6-14(16)13-22-19-12-15(21)9-10-18(17)19/h3-4,6-10,12,21H,5,11,13H2,1-2H3/b17-8+. The van der Waals surface area contributed by atoms with Crippen LogP contribution in [-0.4, -0.2) is 30.6 Å². The van der Waals surface area contributed by atoms with E-state index in [9.17, 15) is 5.11 Å². The summed E-state index contributed by atoms with van der Waals surface area (Å²) in [6, 6.07) is 13.7. The molecular weight excluding hydrogens is 274 g/mol. The van der Waals surface area contributed by atoms with Crippen molar-refractivity contribution in [2.75, 3.05) is 20.6 Å². The monoisotopic (exact) mass is 295 g/mol. The van der Waals surface area contributed by atoms with Gasteiger partial charge in [0, 0.05) is 18.2 Å². The smallest absolute Gasteiger partial charge is 0.131 e. The molecule has 114 valence electrons. The maximum absolute atomic E-state index is 9.73. The third kappa shape index (κ3) is 3.00. The average molecular weight is 295 g/mol. The first-order chi connectivity index (χ1) is 10.6. The summed E-state index contributed by atoms with van der Waals surface area (Å²) in [5.74, 6) is 0.977. The second-order valence-electron chi connectivity index (χ2n) is 5.84. The molecule has 0 fully saturated rings. The zero-order chi connectivity index (χ0) is 15.5. The van der Waals surface area contributed by atoms with Crippen molar-refractivity contribution < 1.29 is 9.84 Å². The van der Waals surface area contributed by atoms with Crippen molar-refractivity contribution in [3.63, 3.8) is 0 Å². The molecule has 0 amide bonds. The lowest BCUT2D eigenvalue weighted by atomic mass is 9.93. The Morgan fingerprint density at radius 2 is 1.95 bits per heavy atom. The van der Waals surface area contributed by atoms with Crippen molar-refractivity contribution in [2.24, 2.45) is 0 Å². The molecule has 3 nitrogen and oxygen atoms in total. The molecule has 0 aromatic heterocycles. The van der Waals surface area contributed by atoms with E-state index >= 15 is 0 Å². The molecule has 1 N–H and O–H groups in total. The Bertz CT molecular complexity index is 704. The maximum atomic E-state index is 9.73. The maximum Gasteiger partial charge on any atom is 0.131 e. The molecule has 0 saturated carbocycles. The number of phenolic OH excluding ortho intramolecular Hbond substituents is 1. The molecule has 1 aliphatic rings. The largest absolute Gasteiger partial charge is 0.508 e. The van der Waals surface area contributed by atoms with Crippen LogP contribution in [0.2, 0.25) is 0 Å². The van der Waals surface area contributed by atoms with Crippen molar-refractivity contribution in [3.8, 4) is 11.5 Å². The molecular formula is C19H21NO2. The van der Waals surface area contributed by atoms with Gasteiger partial charge in [-0.3, -0.25) is 0 Å². The Balaban J connectivity index is 2.08. The predicted molar refractivity (Wildman–Crippen MR) is 89.1 cm³/mol. The van der Waals surface area contributed by atoms with Crippen LogP contribution in [0.5, 0.6) is 11.5 Å². The number of aromatic hydroxyl groups is 1. The van der Waals surface area contributed by atoms with Gasteiger partial charge in [0.15, 0.2) is 0 Å². The van der Waals surface area contributed by atoms with Crippen LogP contribution >= 0.6 is 0 Å². The van der Waals surface area contributed by atoms with Gasteiger partial charge >= 0.3 is 0 Å². The Morgan fingerprint density at radius 3 is 2.77 bits per heavy atom. The number of rotatable bonds is 3. The van der Waals surface area contributed by atoms with E-state index in [2.05, 4.69) is 43.3 Å². The van der Waals surface area contributed by atoms with Gasteiger partial charge in [-0.1, -0.05) is 30.3 Å². The summed E-state index contributed by atoms with van der Waals surface area (Å²) >= 11 is 0. The van der Waals surface area contributed by atoms with Crippen LogP contribution in [0.25, 0.3) is 5.57 Å². The average Bonchev–Trinajstić information content (AvgIpc) is 2.64. The quantitative estimate of drug-likeness (QED) is 0.938. The van der Waals surface area contributed by atoms with Gasteiger partial charge < -0.3 is 14.7 Å². The van der Waals surface area contributed by atoms with Gasteiger partial charge in [0.25, 0.3) is 0 Å². The molecule has 3 rings (SSSR count). The van der Waals surface area contributed by atoms with Crippen molar-refractivity contribution >= 4 is 5.57 Å². The molecule has 2 aromatic rings. The lowest BCUT2D eigenvalue weighted by Crippen LogP contribution is -2.12. The first-order valence-corrected chi connectivity index (χ1v) is 7.54. The summed E-state index contributed by atoms with van der Waals surface area (Å²) in [5, 5.41) is 9.73. The van der Waals surface area contributed by atoms with Gasteiger partial charge in [0.2, 0.25) is 0 Å². The third-order valence-corrected chi connectivity index (χ3v) is 3.87. The first kappa shape index (κ1) is 14.7. The molecule has 1 heterocycles. The van der Waals surface area contributed by atoms with Gasteiger partial charge in [-0.2, -0.15) is 0 Å². The summed E-state index contributed by atoms with van der Waals surface area (Å²) < 4.78 is 5.90. The Labute approximate surface area is 131 Å². The fourth-order valence-corrected chi connectivity index (χ4v) is 2.75. The Hall–Kier alpha value is -2.26.